The topological polar surface area (TPSA) is 122 Å². The number of nitro groups is 1. The molecule has 1 heterocycles. The first-order chi connectivity index (χ1) is 14.9. The fraction of sp³-hybridized carbons (Fsp3) is 0.200. The second-order valence-corrected chi connectivity index (χ2v) is 6.91. The summed E-state index contributed by atoms with van der Waals surface area (Å²) in [6.45, 7) is -0.148. The van der Waals surface area contributed by atoms with Crippen LogP contribution in [0.3, 0.4) is 0 Å². The number of carbonyl (C=O) groups is 1. The lowest BCUT2D eigenvalue weighted by molar-refractivity contribution is -0.385. The van der Waals surface area contributed by atoms with E-state index in [1.165, 1.54) is 31.6 Å². The van der Waals surface area contributed by atoms with Crippen LogP contribution in [-0.2, 0) is 11.3 Å². The molecule has 0 amide bonds. The lowest BCUT2D eigenvalue weighted by Crippen LogP contribution is -2.09. The summed E-state index contributed by atoms with van der Waals surface area (Å²) in [7, 11) is 4.30. The van der Waals surface area contributed by atoms with Gasteiger partial charge in [-0.15, -0.1) is 11.3 Å². The number of thiazole rings is 1. The monoisotopic (exact) mass is 445 g/mol. The number of anilines is 2. The highest BCUT2D eigenvalue weighted by Crippen LogP contribution is 2.35. The number of nitrogens with zero attached hydrogens (tertiary/aromatic N) is 2. The number of benzene rings is 2. The number of nitro benzene ring substituents is 1. The minimum Gasteiger partial charge on any atom is -0.497 e. The number of aromatic nitrogens is 1. The van der Waals surface area contributed by atoms with E-state index in [0.717, 1.165) is 17.5 Å². The van der Waals surface area contributed by atoms with Crippen LogP contribution in [0.4, 0.5) is 16.5 Å². The molecule has 3 rings (SSSR count). The fourth-order valence-corrected chi connectivity index (χ4v) is 3.34. The van der Waals surface area contributed by atoms with Gasteiger partial charge in [0.1, 0.15) is 17.9 Å². The van der Waals surface area contributed by atoms with Crippen LogP contribution in [0.5, 0.6) is 17.2 Å². The fourth-order valence-electron chi connectivity index (χ4n) is 2.63. The molecule has 10 nitrogen and oxygen atoms in total. The number of hydrogen-bond acceptors (Lipinski definition) is 10. The number of rotatable bonds is 9. The van der Waals surface area contributed by atoms with Crippen molar-refractivity contribution in [3.05, 3.63) is 63.1 Å². The van der Waals surface area contributed by atoms with Crippen molar-refractivity contribution in [1.29, 1.82) is 0 Å². The molecule has 1 N–H and O–H groups in total. The minimum absolute atomic E-state index is 0.138. The van der Waals surface area contributed by atoms with Crippen LogP contribution in [0, 0.1) is 10.1 Å². The molecular formula is C20H19N3O7S. The maximum absolute atomic E-state index is 12.5. The van der Waals surface area contributed by atoms with Gasteiger partial charge in [-0.3, -0.25) is 10.1 Å². The van der Waals surface area contributed by atoms with Crippen molar-refractivity contribution < 1.29 is 28.7 Å². The van der Waals surface area contributed by atoms with Crippen LogP contribution in [0.25, 0.3) is 0 Å². The highest BCUT2D eigenvalue weighted by molar-refractivity contribution is 7.13. The maximum Gasteiger partial charge on any atom is 0.345 e. The summed E-state index contributed by atoms with van der Waals surface area (Å²) < 4.78 is 20.5. The molecule has 0 unspecified atom stereocenters. The zero-order chi connectivity index (χ0) is 22.4. The van der Waals surface area contributed by atoms with Crippen molar-refractivity contribution >= 4 is 33.8 Å². The highest BCUT2D eigenvalue weighted by Gasteiger charge is 2.26. The Bertz CT molecular complexity index is 1080. The van der Waals surface area contributed by atoms with Crippen LogP contribution in [0.1, 0.15) is 16.1 Å². The summed E-state index contributed by atoms with van der Waals surface area (Å²) in [5.41, 5.74) is 0.634. The molecule has 0 aliphatic heterocycles. The van der Waals surface area contributed by atoms with E-state index < -0.39 is 16.6 Å². The van der Waals surface area contributed by atoms with Crippen molar-refractivity contribution in [2.24, 2.45) is 0 Å². The minimum atomic E-state index is -0.870. The van der Waals surface area contributed by atoms with Gasteiger partial charge in [0.05, 0.1) is 38.0 Å². The third-order valence-corrected chi connectivity index (χ3v) is 4.97. The largest absolute Gasteiger partial charge is 0.497 e. The summed E-state index contributed by atoms with van der Waals surface area (Å²) in [5.74, 6) is 0.186. The van der Waals surface area contributed by atoms with Crippen LogP contribution in [-0.4, -0.2) is 37.2 Å². The van der Waals surface area contributed by atoms with Crippen LogP contribution >= 0.6 is 11.3 Å². The SMILES string of the molecule is COc1ccc(Nc2nc(COC(=O)c3cc(OC)c(OC)cc3[N+](=O)[O-])cs2)cc1. The molecule has 3 aromatic rings. The molecule has 1 aromatic heterocycles. The standard InChI is InChI=1S/C20H19N3O7S/c1-27-14-6-4-12(5-7-14)21-20-22-13(11-31-20)10-30-19(24)15-8-17(28-2)18(29-3)9-16(15)23(25)26/h4-9,11H,10H2,1-3H3,(H,21,22). The average Bonchev–Trinajstić information content (AvgIpc) is 3.24. The lowest BCUT2D eigenvalue weighted by atomic mass is 10.1. The van der Waals surface area contributed by atoms with Gasteiger partial charge in [0, 0.05) is 17.1 Å². The summed E-state index contributed by atoms with van der Waals surface area (Å²) in [6, 6.07) is 9.65. The summed E-state index contributed by atoms with van der Waals surface area (Å²) >= 11 is 1.33. The van der Waals surface area contributed by atoms with Crippen molar-refractivity contribution in [2.75, 3.05) is 26.6 Å². The molecule has 162 valence electrons. The van der Waals surface area contributed by atoms with Gasteiger partial charge in [0.2, 0.25) is 0 Å². The lowest BCUT2D eigenvalue weighted by Gasteiger charge is -2.10. The number of hydrogen-bond donors (Lipinski definition) is 1. The molecule has 0 saturated carbocycles. The molecule has 0 aliphatic rings. The van der Waals surface area contributed by atoms with E-state index >= 15 is 0 Å². The van der Waals surface area contributed by atoms with Crippen molar-refractivity contribution in [2.45, 2.75) is 6.61 Å². The Labute approximate surface area is 181 Å². The molecular weight excluding hydrogens is 426 g/mol. The highest BCUT2D eigenvalue weighted by atomic mass is 32.1. The zero-order valence-electron chi connectivity index (χ0n) is 16.9. The second kappa shape index (κ2) is 9.76. The van der Waals surface area contributed by atoms with Crippen LogP contribution < -0.4 is 19.5 Å². The normalized spacial score (nSPS) is 10.3. The number of carbonyl (C=O) groups excluding carboxylic acids is 1. The predicted molar refractivity (Wildman–Crippen MR) is 114 cm³/mol. The van der Waals surface area contributed by atoms with E-state index in [2.05, 4.69) is 10.3 Å². The van der Waals surface area contributed by atoms with Crippen molar-refractivity contribution in [3.8, 4) is 17.2 Å². The first-order valence-electron chi connectivity index (χ1n) is 8.88. The molecule has 0 spiro atoms. The van der Waals surface area contributed by atoms with Crippen molar-refractivity contribution in [3.63, 3.8) is 0 Å². The van der Waals surface area contributed by atoms with Gasteiger partial charge in [-0.25, -0.2) is 9.78 Å². The first-order valence-corrected chi connectivity index (χ1v) is 9.76. The molecule has 31 heavy (non-hydrogen) atoms. The zero-order valence-corrected chi connectivity index (χ0v) is 17.7. The molecule has 0 aliphatic carbocycles. The van der Waals surface area contributed by atoms with E-state index in [1.54, 1.807) is 12.5 Å². The van der Waals surface area contributed by atoms with Gasteiger partial charge in [0.25, 0.3) is 5.69 Å². The van der Waals surface area contributed by atoms with E-state index in [4.69, 9.17) is 18.9 Å². The molecule has 0 bridgehead atoms. The number of ether oxygens (including phenoxy) is 4. The molecule has 0 radical (unpaired) electrons. The Morgan fingerprint density at radius 1 is 1.10 bits per heavy atom. The third kappa shape index (κ3) is 5.20. The summed E-state index contributed by atoms with van der Waals surface area (Å²) in [6.07, 6.45) is 0. The van der Waals surface area contributed by atoms with E-state index in [9.17, 15) is 14.9 Å². The molecule has 0 fully saturated rings. The van der Waals surface area contributed by atoms with Gasteiger partial charge < -0.3 is 24.3 Å². The Morgan fingerprint density at radius 2 is 1.77 bits per heavy atom. The van der Waals surface area contributed by atoms with E-state index in [-0.39, 0.29) is 23.7 Å². The smallest absolute Gasteiger partial charge is 0.345 e. The van der Waals surface area contributed by atoms with Gasteiger partial charge in [0.15, 0.2) is 16.6 Å². The molecule has 2 aromatic carbocycles. The Balaban J connectivity index is 1.69. The number of esters is 1. The van der Waals surface area contributed by atoms with Crippen LogP contribution in [0.15, 0.2) is 41.8 Å². The van der Waals surface area contributed by atoms with Gasteiger partial charge >= 0.3 is 5.97 Å². The third-order valence-electron chi connectivity index (χ3n) is 4.16. The second-order valence-electron chi connectivity index (χ2n) is 6.06. The van der Waals surface area contributed by atoms with Gasteiger partial charge in [-0.05, 0) is 24.3 Å². The van der Waals surface area contributed by atoms with Gasteiger partial charge in [-0.1, -0.05) is 0 Å². The van der Waals surface area contributed by atoms with E-state index in [0.29, 0.717) is 10.8 Å². The Hall–Kier alpha value is -3.86. The molecule has 0 atom stereocenters. The summed E-state index contributed by atoms with van der Waals surface area (Å²) in [4.78, 5) is 27.5. The average molecular weight is 445 g/mol. The quantitative estimate of drug-likeness (QED) is 0.294. The molecule has 11 heteroatoms. The maximum atomic E-state index is 12.5. The Kier molecular flexibility index (Phi) is 6.88. The van der Waals surface area contributed by atoms with Crippen LogP contribution in [0.2, 0.25) is 0 Å². The van der Waals surface area contributed by atoms with E-state index in [1.807, 2.05) is 24.3 Å². The molecule has 0 saturated heterocycles. The summed E-state index contributed by atoms with van der Waals surface area (Å²) in [5, 5.41) is 16.8. The number of methoxy groups -OCH3 is 3. The Morgan fingerprint density at radius 3 is 2.39 bits per heavy atom. The number of nitrogens with one attached hydrogen (secondary N) is 1. The van der Waals surface area contributed by atoms with Gasteiger partial charge in [-0.2, -0.15) is 0 Å². The first kappa shape index (κ1) is 21.8. The van der Waals surface area contributed by atoms with Crippen molar-refractivity contribution in [1.82, 2.24) is 4.98 Å². The predicted octanol–water partition coefficient (Wildman–Crippen LogP) is 4.18.